The number of hydrogen-bond acceptors (Lipinski definition) is 4. The molecule has 2 saturated heterocycles. The van der Waals surface area contributed by atoms with Gasteiger partial charge in [0.2, 0.25) is 0 Å². The molecular weight excluding hydrogens is 409 g/mol. The third-order valence-electron chi connectivity index (χ3n) is 5.69. The molecule has 0 spiro atoms. The highest BCUT2D eigenvalue weighted by atomic mass is 35.5. The van der Waals surface area contributed by atoms with Crippen LogP contribution in [-0.2, 0) is 9.53 Å². The maximum atomic E-state index is 13.0. The second-order valence-electron chi connectivity index (χ2n) is 7.00. The Bertz CT molecular complexity index is 586. The van der Waals surface area contributed by atoms with Gasteiger partial charge < -0.3 is 15.0 Å². The Morgan fingerprint density at radius 1 is 1.11 bits per heavy atom. The zero-order chi connectivity index (χ0) is 17.9. The van der Waals surface area contributed by atoms with E-state index in [2.05, 4.69) is 29.3 Å². The molecular formula is C19H30Cl3N3O2. The number of amides is 1. The molecule has 3 rings (SSSR count). The second-order valence-corrected chi connectivity index (χ2v) is 7.44. The van der Waals surface area contributed by atoms with Crippen LogP contribution in [0.15, 0.2) is 24.3 Å². The fourth-order valence-corrected chi connectivity index (χ4v) is 4.01. The Hall–Kier alpha value is -0.560. The van der Waals surface area contributed by atoms with E-state index in [1.165, 1.54) is 5.56 Å². The number of piperidine rings is 1. The second kappa shape index (κ2) is 10.8. The van der Waals surface area contributed by atoms with Crippen molar-refractivity contribution in [1.29, 1.82) is 0 Å². The van der Waals surface area contributed by atoms with Crippen LogP contribution >= 0.6 is 36.4 Å². The van der Waals surface area contributed by atoms with Gasteiger partial charge in [-0.15, -0.1) is 24.8 Å². The molecule has 154 valence electrons. The molecule has 1 aromatic rings. The lowest BCUT2D eigenvalue weighted by atomic mass is 9.90. The molecule has 0 aliphatic carbocycles. The standard InChI is InChI=1S/C19H28ClN3O2.2ClH/c1-15(16-3-5-17(20)6-4-16)22-11-13-23(14-12-22)18(24)19(25-2)7-9-21-10-8-19;;/h3-6,15,21H,7-14H2,1-2H3;2*1H. The van der Waals surface area contributed by atoms with Gasteiger partial charge in [0.05, 0.1) is 0 Å². The van der Waals surface area contributed by atoms with E-state index in [0.717, 1.165) is 57.1 Å². The Morgan fingerprint density at radius 2 is 1.67 bits per heavy atom. The van der Waals surface area contributed by atoms with Crippen molar-refractivity contribution in [3.63, 3.8) is 0 Å². The summed E-state index contributed by atoms with van der Waals surface area (Å²) in [5, 5.41) is 4.07. The zero-order valence-corrected chi connectivity index (χ0v) is 18.3. The van der Waals surface area contributed by atoms with Gasteiger partial charge in [-0.2, -0.15) is 0 Å². The number of carbonyl (C=O) groups excluding carboxylic acids is 1. The smallest absolute Gasteiger partial charge is 0.254 e. The molecule has 5 nitrogen and oxygen atoms in total. The van der Waals surface area contributed by atoms with E-state index in [0.29, 0.717) is 6.04 Å². The predicted octanol–water partition coefficient (Wildman–Crippen LogP) is 3.16. The lowest BCUT2D eigenvalue weighted by Gasteiger charge is -2.43. The summed E-state index contributed by atoms with van der Waals surface area (Å²) in [4.78, 5) is 17.4. The number of ether oxygens (including phenoxy) is 1. The minimum absolute atomic E-state index is 0. The number of carbonyl (C=O) groups is 1. The number of nitrogens with one attached hydrogen (secondary N) is 1. The van der Waals surface area contributed by atoms with Crippen molar-refractivity contribution in [3.8, 4) is 0 Å². The average molecular weight is 439 g/mol. The number of halogens is 3. The molecule has 0 saturated carbocycles. The summed E-state index contributed by atoms with van der Waals surface area (Å²) >= 11 is 5.98. The maximum Gasteiger partial charge on any atom is 0.254 e. The molecule has 8 heteroatoms. The highest BCUT2D eigenvalue weighted by Crippen LogP contribution is 2.27. The van der Waals surface area contributed by atoms with Gasteiger partial charge in [-0.1, -0.05) is 23.7 Å². The van der Waals surface area contributed by atoms with Gasteiger partial charge in [-0.25, -0.2) is 0 Å². The topological polar surface area (TPSA) is 44.8 Å². The van der Waals surface area contributed by atoms with Crippen LogP contribution in [0.2, 0.25) is 5.02 Å². The van der Waals surface area contributed by atoms with E-state index >= 15 is 0 Å². The molecule has 0 radical (unpaired) electrons. The maximum absolute atomic E-state index is 13.0. The Kier molecular flexibility index (Phi) is 9.83. The molecule has 2 fully saturated rings. The number of methoxy groups -OCH3 is 1. The molecule has 1 N–H and O–H groups in total. The van der Waals surface area contributed by atoms with Crippen LogP contribution < -0.4 is 5.32 Å². The summed E-state index contributed by atoms with van der Waals surface area (Å²) in [6.07, 6.45) is 1.51. The van der Waals surface area contributed by atoms with Crippen LogP contribution in [0.3, 0.4) is 0 Å². The first-order valence-electron chi connectivity index (χ1n) is 9.10. The Labute approximate surface area is 179 Å². The number of hydrogen-bond donors (Lipinski definition) is 1. The summed E-state index contributed by atoms with van der Waals surface area (Å²) in [5.41, 5.74) is 0.630. The van der Waals surface area contributed by atoms with Crippen molar-refractivity contribution < 1.29 is 9.53 Å². The summed E-state index contributed by atoms with van der Waals surface area (Å²) in [6.45, 7) is 7.18. The van der Waals surface area contributed by atoms with Crippen LogP contribution in [0.25, 0.3) is 0 Å². The lowest BCUT2D eigenvalue weighted by molar-refractivity contribution is -0.160. The molecule has 27 heavy (non-hydrogen) atoms. The monoisotopic (exact) mass is 437 g/mol. The zero-order valence-electron chi connectivity index (χ0n) is 15.9. The first-order chi connectivity index (χ1) is 12.1. The molecule has 2 aliphatic rings. The van der Waals surface area contributed by atoms with Crippen LogP contribution in [0.4, 0.5) is 0 Å². The minimum Gasteiger partial charge on any atom is -0.368 e. The summed E-state index contributed by atoms with van der Waals surface area (Å²) < 4.78 is 5.69. The summed E-state index contributed by atoms with van der Waals surface area (Å²) in [5.74, 6) is 0.162. The summed E-state index contributed by atoms with van der Waals surface area (Å²) in [6, 6.07) is 8.36. The predicted molar refractivity (Wildman–Crippen MR) is 114 cm³/mol. The Morgan fingerprint density at radius 3 is 2.19 bits per heavy atom. The number of nitrogens with zero attached hydrogens (tertiary/aromatic N) is 2. The van der Waals surface area contributed by atoms with Crippen molar-refractivity contribution in [2.45, 2.75) is 31.4 Å². The van der Waals surface area contributed by atoms with E-state index in [1.807, 2.05) is 17.0 Å². The first-order valence-corrected chi connectivity index (χ1v) is 9.48. The number of piperazine rings is 1. The average Bonchev–Trinajstić information content (AvgIpc) is 2.68. The van der Waals surface area contributed by atoms with Gasteiger partial charge in [0, 0.05) is 44.4 Å². The SMILES string of the molecule is COC1(C(=O)N2CCN(C(C)c3ccc(Cl)cc3)CC2)CCNCC1.Cl.Cl. The van der Waals surface area contributed by atoms with Crippen molar-refractivity contribution >= 4 is 42.3 Å². The van der Waals surface area contributed by atoms with Gasteiger partial charge >= 0.3 is 0 Å². The van der Waals surface area contributed by atoms with Crippen LogP contribution in [-0.4, -0.2) is 67.7 Å². The highest BCUT2D eigenvalue weighted by Gasteiger charge is 2.43. The van der Waals surface area contributed by atoms with Crippen LogP contribution in [0.1, 0.15) is 31.4 Å². The molecule has 2 aliphatic heterocycles. The van der Waals surface area contributed by atoms with E-state index in [9.17, 15) is 4.79 Å². The van der Waals surface area contributed by atoms with Crippen LogP contribution in [0.5, 0.6) is 0 Å². The summed E-state index contributed by atoms with van der Waals surface area (Å²) in [7, 11) is 1.67. The molecule has 0 bridgehead atoms. The largest absolute Gasteiger partial charge is 0.368 e. The fraction of sp³-hybridized carbons (Fsp3) is 0.632. The molecule has 0 aromatic heterocycles. The molecule has 2 heterocycles. The Balaban J connectivity index is 0.00000182. The normalized spacial score (nSPS) is 20.9. The van der Waals surface area contributed by atoms with Crippen molar-refractivity contribution in [2.24, 2.45) is 0 Å². The molecule has 1 unspecified atom stereocenters. The van der Waals surface area contributed by atoms with E-state index in [1.54, 1.807) is 7.11 Å². The quantitative estimate of drug-likeness (QED) is 0.784. The van der Waals surface area contributed by atoms with Crippen molar-refractivity contribution in [1.82, 2.24) is 15.1 Å². The third kappa shape index (κ3) is 5.49. The van der Waals surface area contributed by atoms with Gasteiger partial charge in [0.1, 0.15) is 5.60 Å². The van der Waals surface area contributed by atoms with E-state index in [4.69, 9.17) is 16.3 Å². The van der Waals surface area contributed by atoms with Crippen molar-refractivity contribution in [2.75, 3.05) is 46.4 Å². The molecule has 1 atom stereocenters. The first kappa shape index (κ1) is 24.5. The fourth-order valence-electron chi connectivity index (χ4n) is 3.89. The third-order valence-corrected chi connectivity index (χ3v) is 5.95. The minimum atomic E-state index is -0.630. The molecule has 1 aromatic carbocycles. The van der Waals surface area contributed by atoms with Crippen molar-refractivity contribution in [3.05, 3.63) is 34.9 Å². The number of rotatable bonds is 4. The van der Waals surface area contributed by atoms with Gasteiger partial charge in [-0.3, -0.25) is 9.69 Å². The van der Waals surface area contributed by atoms with E-state index < -0.39 is 5.60 Å². The van der Waals surface area contributed by atoms with Gasteiger partial charge in [-0.05, 0) is 50.6 Å². The van der Waals surface area contributed by atoms with Gasteiger partial charge in [0.15, 0.2) is 0 Å². The molecule has 1 amide bonds. The highest BCUT2D eigenvalue weighted by molar-refractivity contribution is 6.30. The van der Waals surface area contributed by atoms with E-state index in [-0.39, 0.29) is 30.7 Å². The lowest BCUT2D eigenvalue weighted by Crippen LogP contribution is -2.59. The van der Waals surface area contributed by atoms with Crippen LogP contribution in [0, 0.1) is 0 Å². The van der Waals surface area contributed by atoms with Gasteiger partial charge in [0.25, 0.3) is 5.91 Å². The number of benzene rings is 1.